The number of benzene rings is 2. The number of aromatic nitrogens is 3. The van der Waals surface area contributed by atoms with Gasteiger partial charge in [-0.05, 0) is 35.9 Å². The Kier molecular flexibility index (Phi) is 6.58. The van der Waals surface area contributed by atoms with Crippen molar-refractivity contribution in [2.45, 2.75) is 17.5 Å². The predicted octanol–water partition coefficient (Wildman–Crippen LogP) is 5.20. The lowest BCUT2D eigenvalue weighted by Crippen LogP contribution is -2.01. The Balaban J connectivity index is 1.88. The second-order valence-electron chi connectivity index (χ2n) is 5.69. The first-order valence-electron chi connectivity index (χ1n) is 8.30. The molecule has 0 saturated carbocycles. The largest absolute Gasteiger partial charge is 0.493 e. The quantitative estimate of drug-likeness (QED) is 0.352. The molecular formula is C20H20BrN3O2S. The average Bonchev–Trinajstić information content (AvgIpc) is 3.10. The van der Waals surface area contributed by atoms with Crippen LogP contribution >= 0.6 is 27.7 Å². The Labute approximate surface area is 171 Å². The molecule has 0 N–H and O–H groups in total. The highest BCUT2D eigenvalue weighted by molar-refractivity contribution is 9.10. The normalized spacial score (nSPS) is 10.6. The molecule has 3 aromatic rings. The van der Waals surface area contributed by atoms with Gasteiger partial charge in [-0.3, -0.25) is 4.57 Å². The number of thioether (sulfide) groups is 1. The summed E-state index contributed by atoms with van der Waals surface area (Å²) in [5.74, 6) is 2.93. The number of halogens is 1. The Morgan fingerprint density at radius 1 is 1.07 bits per heavy atom. The molecular weight excluding hydrogens is 426 g/mol. The lowest BCUT2D eigenvalue weighted by atomic mass is 10.2. The third-order valence-electron chi connectivity index (χ3n) is 3.95. The van der Waals surface area contributed by atoms with E-state index in [1.165, 1.54) is 5.56 Å². The first-order valence-corrected chi connectivity index (χ1v) is 10.1. The van der Waals surface area contributed by atoms with E-state index in [0.717, 1.165) is 26.8 Å². The van der Waals surface area contributed by atoms with E-state index in [2.05, 4.69) is 49.4 Å². The third kappa shape index (κ3) is 4.54. The van der Waals surface area contributed by atoms with Crippen LogP contribution < -0.4 is 9.47 Å². The molecule has 0 aliphatic rings. The summed E-state index contributed by atoms with van der Waals surface area (Å²) in [6.45, 7) is 4.49. The summed E-state index contributed by atoms with van der Waals surface area (Å²) in [6.07, 6.45) is 1.84. The van der Waals surface area contributed by atoms with Crippen LogP contribution in [0, 0.1) is 0 Å². The van der Waals surface area contributed by atoms with Gasteiger partial charge in [0.25, 0.3) is 0 Å². The van der Waals surface area contributed by atoms with Crippen molar-refractivity contribution in [1.82, 2.24) is 14.8 Å². The van der Waals surface area contributed by atoms with Crippen LogP contribution in [0.5, 0.6) is 11.5 Å². The van der Waals surface area contributed by atoms with Gasteiger partial charge in [0, 0.05) is 22.3 Å². The molecule has 140 valence electrons. The summed E-state index contributed by atoms with van der Waals surface area (Å²) < 4.78 is 13.8. The zero-order valence-corrected chi connectivity index (χ0v) is 17.6. The second-order valence-corrected chi connectivity index (χ2v) is 7.55. The van der Waals surface area contributed by atoms with E-state index >= 15 is 0 Å². The monoisotopic (exact) mass is 445 g/mol. The molecule has 0 radical (unpaired) electrons. The van der Waals surface area contributed by atoms with Gasteiger partial charge in [-0.15, -0.1) is 16.8 Å². The second kappa shape index (κ2) is 9.10. The molecule has 0 spiro atoms. The first-order chi connectivity index (χ1) is 13.2. The first kappa shape index (κ1) is 19.5. The van der Waals surface area contributed by atoms with Crippen molar-refractivity contribution >= 4 is 27.7 Å². The molecule has 0 aliphatic heterocycles. The summed E-state index contributed by atoms with van der Waals surface area (Å²) in [5.41, 5.74) is 2.14. The fraction of sp³-hybridized carbons (Fsp3) is 0.200. The number of methoxy groups -OCH3 is 2. The average molecular weight is 446 g/mol. The molecule has 0 atom stereocenters. The SMILES string of the molecule is C=CCn1c(SCc2ccc(Br)cc2)nnc1-c1ccc(OC)c(OC)c1. The standard InChI is InChI=1S/C20H20BrN3O2S/c1-4-11-24-19(15-7-10-17(25-2)18(12-15)26-3)22-23-20(24)27-13-14-5-8-16(21)9-6-14/h4-10,12H,1,11,13H2,2-3H3. The molecule has 0 fully saturated rings. The summed E-state index contributed by atoms with van der Waals surface area (Å²) in [6, 6.07) is 14.0. The van der Waals surface area contributed by atoms with Crippen molar-refractivity contribution in [3.63, 3.8) is 0 Å². The fourth-order valence-corrected chi connectivity index (χ4v) is 3.77. The topological polar surface area (TPSA) is 49.2 Å². The van der Waals surface area contributed by atoms with E-state index in [-0.39, 0.29) is 0 Å². The Morgan fingerprint density at radius 2 is 1.81 bits per heavy atom. The molecule has 27 heavy (non-hydrogen) atoms. The molecule has 1 heterocycles. The third-order valence-corrected chi connectivity index (χ3v) is 5.52. The van der Waals surface area contributed by atoms with Crippen LogP contribution in [0.1, 0.15) is 5.56 Å². The molecule has 0 unspecified atom stereocenters. The molecule has 0 saturated heterocycles. The Morgan fingerprint density at radius 3 is 2.48 bits per heavy atom. The number of hydrogen-bond acceptors (Lipinski definition) is 5. The zero-order valence-electron chi connectivity index (χ0n) is 15.2. The van der Waals surface area contributed by atoms with Crippen LogP contribution in [-0.2, 0) is 12.3 Å². The highest BCUT2D eigenvalue weighted by atomic mass is 79.9. The molecule has 0 amide bonds. The van der Waals surface area contributed by atoms with Crippen molar-refractivity contribution in [3.8, 4) is 22.9 Å². The summed E-state index contributed by atoms with van der Waals surface area (Å²) in [5, 5.41) is 9.64. The van der Waals surface area contributed by atoms with Crippen molar-refractivity contribution in [1.29, 1.82) is 0 Å². The van der Waals surface area contributed by atoms with Gasteiger partial charge in [-0.1, -0.05) is 45.9 Å². The van der Waals surface area contributed by atoms with Gasteiger partial charge in [0.05, 0.1) is 14.2 Å². The molecule has 7 heteroatoms. The van der Waals surface area contributed by atoms with Gasteiger partial charge >= 0.3 is 0 Å². The van der Waals surface area contributed by atoms with Gasteiger partial charge in [-0.2, -0.15) is 0 Å². The minimum Gasteiger partial charge on any atom is -0.493 e. The number of hydrogen-bond donors (Lipinski definition) is 0. The van der Waals surface area contributed by atoms with E-state index < -0.39 is 0 Å². The number of rotatable bonds is 8. The van der Waals surface area contributed by atoms with Gasteiger partial charge in [0.2, 0.25) is 0 Å². The van der Waals surface area contributed by atoms with Crippen molar-refractivity contribution in [3.05, 3.63) is 65.2 Å². The minimum atomic E-state index is 0.624. The predicted molar refractivity (Wildman–Crippen MR) is 112 cm³/mol. The maximum atomic E-state index is 5.41. The lowest BCUT2D eigenvalue weighted by molar-refractivity contribution is 0.355. The summed E-state index contributed by atoms with van der Waals surface area (Å²) >= 11 is 5.11. The Bertz CT molecular complexity index is 925. The molecule has 0 aliphatic carbocycles. The van der Waals surface area contributed by atoms with Crippen LogP contribution in [0.4, 0.5) is 0 Å². The molecule has 2 aromatic carbocycles. The van der Waals surface area contributed by atoms with E-state index in [4.69, 9.17) is 9.47 Å². The van der Waals surface area contributed by atoms with Gasteiger partial charge in [0.1, 0.15) is 0 Å². The zero-order chi connectivity index (χ0) is 19.2. The highest BCUT2D eigenvalue weighted by Crippen LogP contribution is 2.33. The number of ether oxygens (including phenoxy) is 2. The van der Waals surface area contributed by atoms with Crippen molar-refractivity contribution in [2.24, 2.45) is 0 Å². The summed E-state index contributed by atoms with van der Waals surface area (Å²) in [4.78, 5) is 0. The van der Waals surface area contributed by atoms with Gasteiger partial charge in [-0.25, -0.2) is 0 Å². The fourth-order valence-electron chi connectivity index (χ4n) is 2.61. The van der Waals surface area contributed by atoms with Crippen LogP contribution in [-0.4, -0.2) is 29.0 Å². The van der Waals surface area contributed by atoms with Crippen LogP contribution in [0.2, 0.25) is 0 Å². The van der Waals surface area contributed by atoms with Crippen LogP contribution in [0.15, 0.2) is 64.7 Å². The minimum absolute atomic E-state index is 0.624. The number of allylic oxidation sites excluding steroid dienone is 1. The van der Waals surface area contributed by atoms with Crippen molar-refractivity contribution in [2.75, 3.05) is 14.2 Å². The maximum Gasteiger partial charge on any atom is 0.192 e. The van der Waals surface area contributed by atoms with E-state index in [1.54, 1.807) is 26.0 Å². The van der Waals surface area contributed by atoms with Crippen LogP contribution in [0.25, 0.3) is 11.4 Å². The van der Waals surface area contributed by atoms with Crippen LogP contribution in [0.3, 0.4) is 0 Å². The van der Waals surface area contributed by atoms with Crippen molar-refractivity contribution < 1.29 is 9.47 Å². The smallest absolute Gasteiger partial charge is 0.192 e. The number of nitrogens with zero attached hydrogens (tertiary/aromatic N) is 3. The summed E-state index contributed by atoms with van der Waals surface area (Å²) in [7, 11) is 3.24. The van der Waals surface area contributed by atoms with E-state index in [9.17, 15) is 0 Å². The Hall–Kier alpha value is -2.25. The lowest BCUT2D eigenvalue weighted by Gasteiger charge is -2.11. The van der Waals surface area contributed by atoms with E-state index in [0.29, 0.717) is 18.0 Å². The van der Waals surface area contributed by atoms with E-state index in [1.807, 2.05) is 36.4 Å². The molecule has 3 rings (SSSR count). The van der Waals surface area contributed by atoms with Gasteiger partial charge < -0.3 is 9.47 Å². The maximum absolute atomic E-state index is 5.41. The molecule has 1 aromatic heterocycles. The molecule has 5 nitrogen and oxygen atoms in total. The van der Waals surface area contributed by atoms with Gasteiger partial charge in [0.15, 0.2) is 22.5 Å². The molecule has 0 bridgehead atoms. The highest BCUT2D eigenvalue weighted by Gasteiger charge is 2.15.